The maximum Gasteiger partial charge on any atom is 0.0501 e. The summed E-state index contributed by atoms with van der Waals surface area (Å²) in [6.45, 7) is 1.02. The van der Waals surface area contributed by atoms with Crippen LogP contribution in [0, 0.1) is 0 Å². The maximum absolute atomic E-state index is 4.83. The van der Waals surface area contributed by atoms with Crippen molar-refractivity contribution in [2.75, 3.05) is 6.54 Å². The fourth-order valence-corrected chi connectivity index (χ4v) is 3.32. The van der Waals surface area contributed by atoms with E-state index in [1.54, 1.807) is 0 Å². The van der Waals surface area contributed by atoms with E-state index in [1.165, 1.54) is 46.4 Å². The van der Waals surface area contributed by atoms with Crippen molar-refractivity contribution in [1.82, 2.24) is 5.32 Å². The highest BCUT2D eigenvalue weighted by molar-refractivity contribution is 5.99. The predicted octanol–water partition coefficient (Wildman–Crippen LogP) is 4.82. The Morgan fingerprint density at radius 2 is 1.60 bits per heavy atom. The molecule has 0 saturated carbocycles. The minimum atomic E-state index is 0.397. The molecule has 0 spiro atoms. The summed E-state index contributed by atoms with van der Waals surface area (Å²) >= 11 is 0. The second kappa shape index (κ2) is 4.92. The third-order valence-corrected chi connectivity index (χ3v) is 4.37. The number of hydrogen-bond donors (Lipinski definition) is 0. The summed E-state index contributed by atoms with van der Waals surface area (Å²) in [7, 11) is 0. The molecular weight excluding hydrogens is 242 g/mol. The predicted molar refractivity (Wildman–Crippen MR) is 85.0 cm³/mol. The van der Waals surface area contributed by atoms with Crippen molar-refractivity contribution in [2.45, 2.75) is 25.3 Å². The van der Waals surface area contributed by atoms with Gasteiger partial charge in [-0.2, -0.15) is 0 Å². The van der Waals surface area contributed by atoms with Gasteiger partial charge < -0.3 is 0 Å². The molecule has 4 rings (SSSR count). The van der Waals surface area contributed by atoms with E-state index in [0.717, 1.165) is 6.54 Å². The van der Waals surface area contributed by atoms with E-state index in [2.05, 4.69) is 54.6 Å². The lowest BCUT2D eigenvalue weighted by Crippen LogP contribution is -2.20. The van der Waals surface area contributed by atoms with Gasteiger partial charge in [-0.05, 0) is 52.1 Å². The third kappa shape index (κ3) is 1.99. The molecule has 1 nitrogen and oxygen atoms in total. The molecule has 1 heterocycles. The largest absolute Gasteiger partial charge is 0.234 e. The maximum atomic E-state index is 4.83. The quantitative estimate of drug-likeness (QED) is 0.557. The molecule has 3 aromatic carbocycles. The van der Waals surface area contributed by atoms with E-state index in [0.29, 0.717) is 6.04 Å². The van der Waals surface area contributed by atoms with Gasteiger partial charge in [-0.1, -0.05) is 48.9 Å². The molecule has 1 aliphatic heterocycles. The summed E-state index contributed by atoms with van der Waals surface area (Å²) in [4.78, 5) is 0. The van der Waals surface area contributed by atoms with Crippen molar-refractivity contribution < 1.29 is 0 Å². The first-order valence-corrected chi connectivity index (χ1v) is 7.50. The summed E-state index contributed by atoms with van der Waals surface area (Å²) in [6.07, 6.45) is 3.76. The molecule has 1 heteroatoms. The SMILES string of the molecule is c1ccc2cc3c(C4CCCC[N]4)cccc3cc2c1. The Bertz CT molecular complexity index is 754. The average Bonchev–Trinajstić information content (AvgIpc) is 2.53. The fraction of sp³-hybridized carbons (Fsp3) is 0.263. The molecule has 0 aromatic heterocycles. The molecule has 1 atom stereocenters. The number of nitrogens with zero attached hydrogens (tertiary/aromatic N) is 1. The molecule has 1 aliphatic rings. The van der Waals surface area contributed by atoms with E-state index in [1.807, 2.05) is 0 Å². The minimum absolute atomic E-state index is 0.397. The van der Waals surface area contributed by atoms with Gasteiger partial charge in [-0.3, -0.25) is 0 Å². The highest BCUT2D eigenvalue weighted by Crippen LogP contribution is 2.32. The Balaban J connectivity index is 1.94. The topological polar surface area (TPSA) is 14.1 Å². The Kier molecular flexibility index (Phi) is 2.93. The van der Waals surface area contributed by atoms with E-state index >= 15 is 0 Å². The van der Waals surface area contributed by atoms with Gasteiger partial charge in [0.25, 0.3) is 0 Å². The van der Waals surface area contributed by atoms with Crippen molar-refractivity contribution >= 4 is 21.5 Å². The number of benzene rings is 3. The van der Waals surface area contributed by atoms with E-state index in [4.69, 9.17) is 5.32 Å². The van der Waals surface area contributed by atoms with E-state index < -0.39 is 0 Å². The molecule has 0 N–H and O–H groups in total. The summed E-state index contributed by atoms with van der Waals surface area (Å²) in [6, 6.07) is 20.3. The van der Waals surface area contributed by atoms with Crippen LogP contribution in [0.3, 0.4) is 0 Å². The van der Waals surface area contributed by atoms with E-state index in [-0.39, 0.29) is 0 Å². The summed E-state index contributed by atoms with van der Waals surface area (Å²) in [5.74, 6) is 0. The van der Waals surface area contributed by atoms with Crippen LogP contribution in [-0.2, 0) is 0 Å². The molecule has 0 aliphatic carbocycles. The first-order valence-electron chi connectivity index (χ1n) is 7.50. The van der Waals surface area contributed by atoms with Gasteiger partial charge in [0.2, 0.25) is 0 Å². The second-order valence-electron chi connectivity index (χ2n) is 5.69. The zero-order valence-electron chi connectivity index (χ0n) is 11.5. The molecule has 1 unspecified atom stereocenters. The highest BCUT2D eigenvalue weighted by atomic mass is 14.9. The highest BCUT2D eigenvalue weighted by Gasteiger charge is 2.18. The monoisotopic (exact) mass is 260 g/mol. The molecular formula is C19H18N. The molecule has 0 amide bonds. The first kappa shape index (κ1) is 11.9. The molecule has 1 saturated heterocycles. The van der Waals surface area contributed by atoms with Gasteiger partial charge in [-0.15, -0.1) is 0 Å². The Hall–Kier alpha value is -1.86. The van der Waals surface area contributed by atoms with Gasteiger partial charge in [0.05, 0.1) is 6.04 Å². The number of rotatable bonds is 1. The number of fused-ring (bicyclic) bond motifs is 2. The summed E-state index contributed by atoms with van der Waals surface area (Å²) < 4.78 is 0. The van der Waals surface area contributed by atoms with Gasteiger partial charge in [0.1, 0.15) is 0 Å². The first-order chi connectivity index (χ1) is 9.92. The Morgan fingerprint density at radius 3 is 2.40 bits per heavy atom. The number of piperidine rings is 1. The Labute approximate surface area is 119 Å². The van der Waals surface area contributed by atoms with Crippen LogP contribution >= 0.6 is 0 Å². The molecule has 99 valence electrons. The zero-order chi connectivity index (χ0) is 13.4. The van der Waals surface area contributed by atoms with Crippen molar-refractivity contribution in [2.24, 2.45) is 0 Å². The van der Waals surface area contributed by atoms with Crippen LogP contribution in [0.1, 0.15) is 30.9 Å². The van der Waals surface area contributed by atoms with Crippen molar-refractivity contribution in [3.8, 4) is 0 Å². The van der Waals surface area contributed by atoms with Gasteiger partial charge >= 0.3 is 0 Å². The third-order valence-electron chi connectivity index (χ3n) is 4.37. The van der Waals surface area contributed by atoms with Crippen LogP contribution < -0.4 is 5.32 Å². The van der Waals surface area contributed by atoms with Gasteiger partial charge in [-0.25, -0.2) is 5.32 Å². The standard InChI is InChI=1S/C19H18N/c1-2-7-15-13-18-16(12-14(15)6-1)8-5-9-17(18)19-10-3-4-11-20-19/h1-2,5-9,12-13,19H,3-4,10-11H2. The van der Waals surface area contributed by atoms with Crippen LogP contribution in [0.25, 0.3) is 21.5 Å². The molecule has 20 heavy (non-hydrogen) atoms. The lowest BCUT2D eigenvalue weighted by atomic mass is 9.92. The van der Waals surface area contributed by atoms with Gasteiger partial charge in [0.15, 0.2) is 0 Å². The molecule has 1 fully saturated rings. The summed E-state index contributed by atoms with van der Waals surface area (Å²) in [5.41, 5.74) is 1.41. The van der Waals surface area contributed by atoms with E-state index in [9.17, 15) is 0 Å². The lowest BCUT2D eigenvalue weighted by molar-refractivity contribution is 0.405. The molecule has 0 bridgehead atoms. The van der Waals surface area contributed by atoms with Crippen molar-refractivity contribution in [1.29, 1.82) is 0 Å². The smallest absolute Gasteiger partial charge is 0.0501 e. The average molecular weight is 260 g/mol. The Morgan fingerprint density at radius 1 is 0.800 bits per heavy atom. The van der Waals surface area contributed by atoms with Crippen molar-refractivity contribution in [3.05, 3.63) is 60.2 Å². The second-order valence-corrected chi connectivity index (χ2v) is 5.69. The fourth-order valence-electron chi connectivity index (χ4n) is 3.32. The van der Waals surface area contributed by atoms with Crippen molar-refractivity contribution in [3.63, 3.8) is 0 Å². The van der Waals surface area contributed by atoms with Gasteiger partial charge in [0, 0.05) is 6.54 Å². The van der Waals surface area contributed by atoms with Crippen LogP contribution in [0.15, 0.2) is 54.6 Å². The molecule has 1 radical (unpaired) electrons. The van der Waals surface area contributed by atoms with Crippen LogP contribution in [0.4, 0.5) is 0 Å². The zero-order valence-corrected chi connectivity index (χ0v) is 11.5. The minimum Gasteiger partial charge on any atom is -0.234 e. The van der Waals surface area contributed by atoms with Crippen LogP contribution in [-0.4, -0.2) is 6.54 Å². The van der Waals surface area contributed by atoms with Crippen LogP contribution in [0.5, 0.6) is 0 Å². The number of hydrogen-bond acceptors (Lipinski definition) is 0. The normalized spacial score (nSPS) is 19.5. The lowest BCUT2D eigenvalue weighted by Gasteiger charge is -2.23. The molecule has 3 aromatic rings. The van der Waals surface area contributed by atoms with Crippen LogP contribution in [0.2, 0.25) is 0 Å². The summed E-state index contributed by atoms with van der Waals surface area (Å²) in [5, 5.41) is 10.2.